The maximum Gasteiger partial charge on any atom is 0.0471 e. The van der Waals surface area contributed by atoms with Gasteiger partial charge in [0.15, 0.2) is 0 Å². The monoisotopic (exact) mass is 302 g/mol. The summed E-state index contributed by atoms with van der Waals surface area (Å²) in [5.41, 5.74) is 1.45. The van der Waals surface area contributed by atoms with Gasteiger partial charge in [-0.3, -0.25) is 4.90 Å². The fourth-order valence-corrected chi connectivity index (χ4v) is 4.02. The molecule has 2 heterocycles. The zero-order chi connectivity index (χ0) is 15.2. The first-order valence-electron chi connectivity index (χ1n) is 8.96. The van der Waals surface area contributed by atoms with Crippen LogP contribution in [0.25, 0.3) is 0 Å². The van der Waals surface area contributed by atoms with E-state index in [1.54, 1.807) is 0 Å². The SMILES string of the molecule is OCC1CCCN(C2CCN(CCc3ccccc3)CC2)C1. The van der Waals surface area contributed by atoms with Crippen molar-refractivity contribution < 1.29 is 5.11 Å². The van der Waals surface area contributed by atoms with Gasteiger partial charge in [0, 0.05) is 25.7 Å². The van der Waals surface area contributed by atoms with Gasteiger partial charge in [0.25, 0.3) is 0 Å². The minimum absolute atomic E-state index is 0.367. The molecule has 3 heteroatoms. The van der Waals surface area contributed by atoms with Crippen LogP contribution >= 0.6 is 0 Å². The molecule has 2 aliphatic heterocycles. The molecule has 2 aliphatic rings. The molecule has 0 amide bonds. The van der Waals surface area contributed by atoms with Gasteiger partial charge in [-0.05, 0) is 63.2 Å². The highest BCUT2D eigenvalue weighted by Crippen LogP contribution is 2.23. The van der Waals surface area contributed by atoms with E-state index >= 15 is 0 Å². The third kappa shape index (κ3) is 4.31. The predicted molar refractivity (Wildman–Crippen MR) is 91.0 cm³/mol. The molecule has 1 aromatic carbocycles. The number of hydrogen-bond donors (Lipinski definition) is 1. The highest BCUT2D eigenvalue weighted by molar-refractivity contribution is 5.14. The summed E-state index contributed by atoms with van der Waals surface area (Å²) in [5, 5.41) is 9.39. The van der Waals surface area contributed by atoms with Crippen LogP contribution in [0.3, 0.4) is 0 Å². The minimum atomic E-state index is 0.367. The summed E-state index contributed by atoms with van der Waals surface area (Å²) in [6.45, 7) is 6.38. The molecule has 0 spiro atoms. The Hall–Kier alpha value is -0.900. The Morgan fingerprint density at radius 3 is 2.50 bits per heavy atom. The molecule has 3 nitrogen and oxygen atoms in total. The van der Waals surface area contributed by atoms with Crippen molar-refractivity contribution in [1.82, 2.24) is 9.80 Å². The van der Waals surface area contributed by atoms with Crippen LogP contribution in [-0.4, -0.2) is 60.3 Å². The standard InChI is InChI=1S/C19H30N2O/c22-16-18-7-4-11-21(15-18)19-9-13-20(14-10-19)12-8-17-5-2-1-3-6-17/h1-3,5-6,18-19,22H,4,7-16H2. The van der Waals surface area contributed by atoms with Crippen molar-refractivity contribution in [1.29, 1.82) is 0 Å². The molecule has 3 rings (SSSR count). The number of nitrogens with zero attached hydrogens (tertiary/aromatic N) is 2. The van der Waals surface area contributed by atoms with Crippen LogP contribution in [0.4, 0.5) is 0 Å². The lowest BCUT2D eigenvalue weighted by Crippen LogP contribution is -2.49. The molecule has 0 aromatic heterocycles. The Morgan fingerprint density at radius 1 is 1.00 bits per heavy atom. The van der Waals surface area contributed by atoms with E-state index in [-0.39, 0.29) is 0 Å². The molecular formula is C19H30N2O. The van der Waals surface area contributed by atoms with Crippen LogP contribution in [-0.2, 0) is 6.42 Å². The van der Waals surface area contributed by atoms with Crippen LogP contribution in [0.15, 0.2) is 30.3 Å². The summed E-state index contributed by atoms with van der Waals surface area (Å²) >= 11 is 0. The summed E-state index contributed by atoms with van der Waals surface area (Å²) in [5.74, 6) is 0.518. The van der Waals surface area contributed by atoms with Crippen molar-refractivity contribution in [3.8, 4) is 0 Å². The number of benzene rings is 1. The van der Waals surface area contributed by atoms with Gasteiger partial charge in [-0.2, -0.15) is 0 Å². The third-order valence-corrected chi connectivity index (χ3v) is 5.44. The molecule has 2 saturated heterocycles. The maximum absolute atomic E-state index is 9.39. The molecule has 1 unspecified atom stereocenters. The summed E-state index contributed by atoms with van der Waals surface area (Å²) < 4.78 is 0. The van der Waals surface area contributed by atoms with Crippen molar-refractivity contribution in [2.45, 2.75) is 38.1 Å². The second kappa shape index (κ2) is 8.09. The summed E-state index contributed by atoms with van der Waals surface area (Å²) in [6.07, 6.45) is 6.24. The van der Waals surface area contributed by atoms with Gasteiger partial charge in [-0.25, -0.2) is 0 Å². The normalized spacial score (nSPS) is 25.4. The predicted octanol–water partition coefficient (Wildman–Crippen LogP) is 2.40. The number of piperidine rings is 2. The smallest absolute Gasteiger partial charge is 0.0471 e. The van der Waals surface area contributed by atoms with E-state index in [0.29, 0.717) is 12.5 Å². The Labute approximate surface area is 134 Å². The largest absolute Gasteiger partial charge is 0.396 e. The quantitative estimate of drug-likeness (QED) is 0.905. The first kappa shape index (κ1) is 16.0. The van der Waals surface area contributed by atoms with E-state index in [9.17, 15) is 5.11 Å². The zero-order valence-electron chi connectivity index (χ0n) is 13.7. The second-order valence-electron chi connectivity index (χ2n) is 6.99. The molecule has 0 bridgehead atoms. The van der Waals surface area contributed by atoms with Crippen molar-refractivity contribution in [3.05, 3.63) is 35.9 Å². The van der Waals surface area contributed by atoms with Crippen LogP contribution in [0.2, 0.25) is 0 Å². The lowest BCUT2D eigenvalue weighted by molar-refractivity contribution is 0.0545. The molecule has 0 radical (unpaired) electrons. The second-order valence-corrected chi connectivity index (χ2v) is 6.99. The van der Waals surface area contributed by atoms with E-state index in [0.717, 1.165) is 12.6 Å². The zero-order valence-corrected chi connectivity index (χ0v) is 13.7. The fourth-order valence-electron chi connectivity index (χ4n) is 4.02. The van der Waals surface area contributed by atoms with E-state index in [1.165, 1.54) is 63.8 Å². The van der Waals surface area contributed by atoms with Crippen LogP contribution in [0.5, 0.6) is 0 Å². The van der Waals surface area contributed by atoms with E-state index < -0.39 is 0 Å². The van der Waals surface area contributed by atoms with Crippen molar-refractivity contribution in [2.75, 3.05) is 39.3 Å². The minimum Gasteiger partial charge on any atom is -0.396 e. The van der Waals surface area contributed by atoms with Gasteiger partial charge in [0.1, 0.15) is 0 Å². The van der Waals surface area contributed by atoms with E-state index in [2.05, 4.69) is 40.1 Å². The molecule has 0 saturated carbocycles. The highest BCUT2D eigenvalue weighted by atomic mass is 16.3. The number of aliphatic hydroxyl groups excluding tert-OH is 1. The molecule has 22 heavy (non-hydrogen) atoms. The van der Waals surface area contributed by atoms with Gasteiger partial charge < -0.3 is 10.0 Å². The Kier molecular flexibility index (Phi) is 5.88. The summed E-state index contributed by atoms with van der Waals surface area (Å²) in [7, 11) is 0. The lowest BCUT2D eigenvalue weighted by atomic mass is 9.94. The average molecular weight is 302 g/mol. The molecule has 0 aliphatic carbocycles. The number of hydrogen-bond acceptors (Lipinski definition) is 3. The first-order valence-corrected chi connectivity index (χ1v) is 8.96. The molecular weight excluding hydrogens is 272 g/mol. The number of rotatable bonds is 5. The average Bonchev–Trinajstić information content (AvgIpc) is 2.61. The van der Waals surface area contributed by atoms with Gasteiger partial charge in [-0.1, -0.05) is 30.3 Å². The van der Waals surface area contributed by atoms with Crippen molar-refractivity contribution in [2.24, 2.45) is 5.92 Å². The van der Waals surface area contributed by atoms with Crippen molar-refractivity contribution >= 4 is 0 Å². The Bertz CT molecular complexity index is 428. The van der Waals surface area contributed by atoms with Gasteiger partial charge >= 0.3 is 0 Å². The van der Waals surface area contributed by atoms with Crippen molar-refractivity contribution in [3.63, 3.8) is 0 Å². The molecule has 1 N–H and O–H groups in total. The maximum atomic E-state index is 9.39. The molecule has 2 fully saturated rings. The molecule has 122 valence electrons. The third-order valence-electron chi connectivity index (χ3n) is 5.44. The summed E-state index contributed by atoms with van der Waals surface area (Å²) in [4.78, 5) is 5.27. The Balaban J connectivity index is 1.40. The first-order chi connectivity index (χ1) is 10.8. The molecule has 1 atom stereocenters. The number of aliphatic hydroxyl groups is 1. The van der Waals surface area contributed by atoms with Crippen LogP contribution < -0.4 is 0 Å². The van der Waals surface area contributed by atoms with Gasteiger partial charge in [0.2, 0.25) is 0 Å². The van der Waals surface area contributed by atoms with Crippen LogP contribution in [0, 0.1) is 5.92 Å². The number of likely N-dealkylation sites (tertiary alicyclic amines) is 2. The highest BCUT2D eigenvalue weighted by Gasteiger charge is 2.28. The fraction of sp³-hybridized carbons (Fsp3) is 0.684. The van der Waals surface area contributed by atoms with Gasteiger partial charge in [-0.15, -0.1) is 0 Å². The van der Waals surface area contributed by atoms with E-state index in [4.69, 9.17) is 0 Å². The van der Waals surface area contributed by atoms with Gasteiger partial charge in [0.05, 0.1) is 0 Å². The van der Waals surface area contributed by atoms with E-state index in [1.807, 2.05) is 0 Å². The lowest BCUT2D eigenvalue weighted by Gasteiger charge is -2.42. The summed E-state index contributed by atoms with van der Waals surface area (Å²) in [6, 6.07) is 11.6. The van der Waals surface area contributed by atoms with Crippen LogP contribution in [0.1, 0.15) is 31.2 Å². The molecule has 1 aromatic rings. The topological polar surface area (TPSA) is 26.7 Å². The Morgan fingerprint density at radius 2 is 1.77 bits per heavy atom.